The highest BCUT2D eigenvalue weighted by molar-refractivity contribution is 5.40. The molecule has 0 aliphatic heterocycles. The van der Waals surface area contributed by atoms with E-state index >= 15 is 0 Å². The molecule has 1 aromatic heterocycles. The van der Waals surface area contributed by atoms with Gasteiger partial charge >= 0.3 is 0 Å². The predicted octanol–water partition coefficient (Wildman–Crippen LogP) is 2.59. The van der Waals surface area contributed by atoms with Crippen molar-refractivity contribution in [2.24, 2.45) is 0 Å². The van der Waals surface area contributed by atoms with Crippen LogP contribution in [0.2, 0.25) is 0 Å². The van der Waals surface area contributed by atoms with E-state index in [2.05, 4.69) is 16.5 Å². The molecule has 0 aliphatic carbocycles. The molecule has 0 bridgehead atoms. The molecular weight excluding hydrogens is 228 g/mol. The van der Waals surface area contributed by atoms with Crippen molar-refractivity contribution in [3.05, 3.63) is 46.8 Å². The summed E-state index contributed by atoms with van der Waals surface area (Å²) < 4.78 is 11.0. The Kier molecular flexibility index (Phi) is 3.99. The molecule has 4 nitrogen and oxygen atoms in total. The molecule has 0 radical (unpaired) electrons. The van der Waals surface area contributed by atoms with Gasteiger partial charge in [-0.05, 0) is 26.5 Å². The molecule has 0 aliphatic rings. The van der Waals surface area contributed by atoms with Gasteiger partial charge < -0.3 is 14.6 Å². The van der Waals surface area contributed by atoms with E-state index in [0.29, 0.717) is 6.61 Å². The zero-order valence-corrected chi connectivity index (χ0v) is 11.0. The third-order valence-electron chi connectivity index (χ3n) is 2.70. The quantitative estimate of drug-likeness (QED) is 0.881. The largest absolute Gasteiger partial charge is 0.485 e. The first-order valence-corrected chi connectivity index (χ1v) is 5.99. The molecule has 0 saturated heterocycles. The van der Waals surface area contributed by atoms with Crippen LogP contribution in [-0.4, -0.2) is 12.2 Å². The second-order valence-electron chi connectivity index (χ2n) is 4.32. The van der Waals surface area contributed by atoms with E-state index in [1.165, 1.54) is 0 Å². The highest BCUT2D eigenvalue weighted by atomic mass is 16.5. The van der Waals surface area contributed by atoms with Gasteiger partial charge in [0.2, 0.25) is 0 Å². The van der Waals surface area contributed by atoms with Crippen LogP contribution in [0, 0.1) is 13.8 Å². The van der Waals surface area contributed by atoms with Gasteiger partial charge in [0, 0.05) is 18.2 Å². The maximum atomic E-state index is 5.85. The molecule has 1 N–H and O–H groups in total. The topological polar surface area (TPSA) is 47.3 Å². The van der Waals surface area contributed by atoms with E-state index < -0.39 is 0 Å². The van der Waals surface area contributed by atoms with Crippen molar-refractivity contribution in [2.45, 2.75) is 27.0 Å². The molecule has 0 atom stereocenters. The second-order valence-corrected chi connectivity index (χ2v) is 4.32. The molecule has 0 fully saturated rings. The van der Waals surface area contributed by atoms with E-state index in [9.17, 15) is 0 Å². The molecule has 2 aromatic rings. The molecule has 0 amide bonds. The fourth-order valence-electron chi connectivity index (χ4n) is 1.88. The van der Waals surface area contributed by atoms with Gasteiger partial charge in [-0.3, -0.25) is 0 Å². The average molecular weight is 246 g/mol. The van der Waals surface area contributed by atoms with Crippen molar-refractivity contribution < 1.29 is 9.26 Å². The molecule has 0 unspecified atom stereocenters. The summed E-state index contributed by atoms with van der Waals surface area (Å²) in [5.74, 6) is 1.66. The van der Waals surface area contributed by atoms with Crippen LogP contribution >= 0.6 is 0 Å². The standard InChI is InChI=1S/C14H18N2O2/c1-10-5-4-6-12(8-15-3)14(10)17-9-13-7-11(2)16-18-13/h4-7,15H,8-9H2,1-3H3. The van der Waals surface area contributed by atoms with E-state index in [1.54, 1.807) is 0 Å². The first kappa shape index (κ1) is 12.6. The number of hydrogen-bond acceptors (Lipinski definition) is 4. The Morgan fingerprint density at radius 1 is 1.33 bits per heavy atom. The van der Waals surface area contributed by atoms with Crippen molar-refractivity contribution in [1.82, 2.24) is 10.5 Å². The van der Waals surface area contributed by atoms with Gasteiger partial charge in [-0.15, -0.1) is 0 Å². The van der Waals surface area contributed by atoms with Crippen molar-refractivity contribution in [3.63, 3.8) is 0 Å². The van der Waals surface area contributed by atoms with Gasteiger partial charge in [-0.2, -0.15) is 0 Å². The Labute approximate surface area is 107 Å². The van der Waals surface area contributed by atoms with Crippen LogP contribution in [-0.2, 0) is 13.2 Å². The van der Waals surface area contributed by atoms with Crippen LogP contribution in [0.5, 0.6) is 5.75 Å². The number of nitrogens with zero attached hydrogens (tertiary/aromatic N) is 1. The molecule has 18 heavy (non-hydrogen) atoms. The Morgan fingerprint density at radius 3 is 2.83 bits per heavy atom. The zero-order chi connectivity index (χ0) is 13.0. The molecule has 4 heteroatoms. The zero-order valence-electron chi connectivity index (χ0n) is 11.0. The van der Waals surface area contributed by atoms with E-state index in [4.69, 9.17) is 9.26 Å². The Balaban J connectivity index is 2.12. The van der Waals surface area contributed by atoms with Gasteiger partial charge in [-0.1, -0.05) is 23.4 Å². The van der Waals surface area contributed by atoms with Crippen LogP contribution in [0.15, 0.2) is 28.8 Å². The fourth-order valence-corrected chi connectivity index (χ4v) is 1.88. The van der Waals surface area contributed by atoms with Crippen molar-refractivity contribution in [1.29, 1.82) is 0 Å². The van der Waals surface area contributed by atoms with Crippen LogP contribution < -0.4 is 10.1 Å². The first-order chi connectivity index (χ1) is 8.70. The lowest BCUT2D eigenvalue weighted by Crippen LogP contribution is -2.08. The SMILES string of the molecule is CNCc1cccc(C)c1OCc1cc(C)no1. The summed E-state index contributed by atoms with van der Waals surface area (Å²) in [6, 6.07) is 8.02. The number of nitrogens with one attached hydrogen (secondary N) is 1. The number of rotatable bonds is 5. The average Bonchev–Trinajstić information content (AvgIpc) is 2.75. The maximum Gasteiger partial charge on any atom is 0.174 e. The number of para-hydroxylation sites is 1. The van der Waals surface area contributed by atoms with E-state index in [-0.39, 0.29) is 0 Å². The lowest BCUT2D eigenvalue weighted by atomic mass is 10.1. The van der Waals surface area contributed by atoms with Gasteiger partial charge in [0.25, 0.3) is 0 Å². The van der Waals surface area contributed by atoms with Crippen molar-refractivity contribution >= 4 is 0 Å². The third-order valence-corrected chi connectivity index (χ3v) is 2.70. The summed E-state index contributed by atoms with van der Waals surface area (Å²) >= 11 is 0. The van der Waals surface area contributed by atoms with Crippen molar-refractivity contribution in [3.8, 4) is 5.75 Å². The van der Waals surface area contributed by atoms with Gasteiger partial charge in [0.1, 0.15) is 12.4 Å². The van der Waals surface area contributed by atoms with Crippen molar-refractivity contribution in [2.75, 3.05) is 7.05 Å². The summed E-state index contributed by atoms with van der Waals surface area (Å²) in [4.78, 5) is 0. The van der Waals surface area contributed by atoms with Crippen LogP contribution in [0.3, 0.4) is 0 Å². The minimum Gasteiger partial charge on any atom is -0.485 e. The highest BCUT2D eigenvalue weighted by Gasteiger charge is 2.08. The maximum absolute atomic E-state index is 5.85. The number of benzene rings is 1. The summed E-state index contributed by atoms with van der Waals surface area (Å²) in [6.45, 7) is 5.13. The Bertz CT molecular complexity index is 520. The van der Waals surface area contributed by atoms with Crippen LogP contribution in [0.4, 0.5) is 0 Å². The molecule has 0 saturated carbocycles. The fraction of sp³-hybridized carbons (Fsp3) is 0.357. The number of ether oxygens (including phenoxy) is 1. The summed E-state index contributed by atoms with van der Waals surface area (Å²) in [7, 11) is 1.92. The lowest BCUT2D eigenvalue weighted by molar-refractivity contribution is 0.245. The normalized spacial score (nSPS) is 10.6. The summed E-state index contributed by atoms with van der Waals surface area (Å²) in [5.41, 5.74) is 3.14. The van der Waals surface area contributed by atoms with Crippen LogP contribution in [0.1, 0.15) is 22.6 Å². The second kappa shape index (κ2) is 5.69. The van der Waals surface area contributed by atoms with Crippen LogP contribution in [0.25, 0.3) is 0 Å². The highest BCUT2D eigenvalue weighted by Crippen LogP contribution is 2.24. The van der Waals surface area contributed by atoms with E-state index in [1.807, 2.05) is 39.1 Å². The van der Waals surface area contributed by atoms with Gasteiger partial charge in [0.15, 0.2) is 5.76 Å². The molecule has 0 spiro atoms. The minimum absolute atomic E-state index is 0.405. The minimum atomic E-state index is 0.405. The Hall–Kier alpha value is -1.81. The number of hydrogen-bond donors (Lipinski definition) is 1. The Morgan fingerprint density at radius 2 is 2.17 bits per heavy atom. The van der Waals surface area contributed by atoms with E-state index in [0.717, 1.165) is 34.9 Å². The molecule has 1 aromatic carbocycles. The predicted molar refractivity (Wildman–Crippen MR) is 69.5 cm³/mol. The number of aryl methyl sites for hydroxylation is 2. The molecule has 96 valence electrons. The molecule has 1 heterocycles. The monoisotopic (exact) mass is 246 g/mol. The summed E-state index contributed by atoms with van der Waals surface area (Å²) in [5, 5.41) is 6.98. The third kappa shape index (κ3) is 2.90. The van der Waals surface area contributed by atoms with Gasteiger partial charge in [0.05, 0.1) is 5.69 Å². The molecular formula is C14H18N2O2. The van der Waals surface area contributed by atoms with Gasteiger partial charge in [-0.25, -0.2) is 0 Å². The molecule has 2 rings (SSSR count). The smallest absolute Gasteiger partial charge is 0.174 e. The first-order valence-electron chi connectivity index (χ1n) is 5.99. The lowest BCUT2D eigenvalue weighted by Gasteiger charge is -2.12. The summed E-state index contributed by atoms with van der Waals surface area (Å²) in [6.07, 6.45) is 0. The number of aromatic nitrogens is 1.